The van der Waals surface area contributed by atoms with E-state index >= 15 is 0 Å². The van der Waals surface area contributed by atoms with Crippen molar-refractivity contribution in [2.45, 2.75) is 31.0 Å². The van der Waals surface area contributed by atoms with Gasteiger partial charge < -0.3 is 37.9 Å². The van der Waals surface area contributed by atoms with Crippen LogP contribution in [0.4, 0.5) is 5.69 Å². The fraction of sp³-hybridized carbons (Fsp3) is 0.258. The first kappa shape index (κ1) is 27.9. The zero-order valence-corrected chi connectivity index (χ0v) is 23.9. The number of carbonyl (C=O) groups excluding carboxylic acids is 3. The lowest BCUT2D eigenvalue weighted by Gasteiger charge is -2.37. The van der Waals surface area contributed by atoms with Crippen molar-refractivity contribution in [2.24, 2.45) is 17.2 Å². The van der Waals surface area contributed by atoms with Crippen LogP contribution in [-0.4, -0.2) is 48.2 Å². The van der Waals surface area contributed by atoms with Crippen molar-refractivity contribution >= 4 is 44.7 Å². The summed E-state index contributed by atoms with van der Waals surface area (Å²) >= 11 is 1.20. The standard InChI is InChI=1S/C31H32N6O4S/c1-16-13-19(41-18-5-3-2-4-6-18)7-8-20(16)31(35)21-9-10-22(33)27-24(21)25(26(34)29(31)39)28(42-27)30(40)36-17-11-12-37(15-17)23(38)14-32/h2-10,13,17,26H,11-12,14-15,32-35H2,1H3,(H,36,40). The predicted octanol–water partition coefficient (Wildman–Crippen LogP) is 2.66. The van der Waals surface area contributed by atoms with Crippen LogP contribution in [0.25, 0.3) is 10.1 Å². The van der Waals surface area contributed by atoms with E-state index in [-0.39, 0.29) is 24.4 Å². The minimum atomic E-state index is -1.57. The van der Waals surface area contributed by atoms with E-state index < -0.39 is 17.4 Å². The van der Waals surface area contributed by atoms with Gasteiger partial charge in [-0.25, -0.2) is 0 Å². The van der Waals surface area contributed by atoms with Crippen molar-refractivity contribution in [1.29, 1.82) is 0 Å². The van der Waals surface area contributed by atoms with Gasteiger partial charge in [0.25, 0.3) is 5.91 Å². The van der Waals surface area contributed by atoms with Crippen molar-refractivity contribution in [3.8, 4) is 11.5 Å². The first-order valence-corrected chi connectivity index (χ1v) is 14.5. The van der Waals surface area contributed by atoms with Crippen LogP contribution in [0.2, 0.25) is 0 Å². The van der Waals surface area contributed by atoms with Crippen LogP contribution >= 0.6 is 11.3 Å². The van der Waals surface area contributed by atoms with E-state index in [1.54, 1.807) is 29.2 Å². The summed E-state index contributed by atoms with van der Waals surface area (Å²) in [4.78, 5) is 41.7. The lowest BCUT2D eigenvalue weighted by molar-refractivity contribution is -0.128. The number of para-hydroxylation sites is 1. The average Bonchev–Trinajstić information content (AvgIpc) is 3.62. The van der Waals surface area contributed by atoms with Gasteiger partial charge in [-0.05, 0) is 60.4 Å². The summed E-state index contributed by atoms with van der Waals surface area (Å²) in [6.07, 6.45) is 0.602. The van der Waals surface area contributed by atoms with Crippen molar-refractivity contribution in [2.75, 3.05) is 25.4 Å². The Morgan fingerprint density at radius 1 is 1.10 bits per heavy atom. The van der Waals surface area contributed by atoms with E-state index in [0.717, 1.165) is 5.56 Å². The van der Waals surface area contributed by atoms with Crippen LogP contribution in [-0.2, 0) is 15.1 Å². The fourth-order valence-electron chi connectivity index (χ4n) is 6.08. The maximum atomic E-state index is 14.1. The van der Waals surface area contributed by atoms with Crippen LogP contribution < -0.4 is 33.0 Å². The maximum Gasteiger partial charge on any atom is 0.262 e. The van der Waals surface area contributed by atoms with E-state index in [1.165, 1.54) is 11.3 Å². The largest absolute Gasteiger partial charge is 0.457 e. The first-order valence-electron chi connectivity index (χ1n) is 13.7. The molecular weight excluding hydrogens is 552 g/mol. The Kier molecular flexibility index (Phi) is 6.98. The summed E-state index contributed by atoms with van der Waals surface area (Å²) < 4.78 is 6.64. The second-order valence-electron chi connectivity index (χ2n) is 10.8. The van der Waals surface area contributed by atoms with Crippen molar-refractivity contribution in [3.63, 3.8) is 0 Å². The van der Waals surface area contributed by atoms with Gasteiger partial charge in [0.15, 0.2) is 5.78 Å². The number of benzene rings is 3. The molecule has 3 aromatic carbocycles. The fourth-order valence-corrected chi connectivity index (χ4v) is 7.28. The van der Waals surface area contributed by atoms with Crippen LogP contribution in [0.5, 0.6) is 11.5 Å². The molecule has 216 valence electrons. The summed E-state index contributed by atoms with van der Waals surface area (Å²) in [5.74, 6) is 0.342. The Morgan fingerprint density at radius 3 is 2.55 bits per heavy atom. The molecule has 2 aliphatic rings. The van der Waals surface area contributed by atoms with E-state index in [0.29, 0.717) is 68.4 Å². The van der Waals surface area contributed by atoms with Gasteiger partial charge in [-0.3, -0.25) is 14.4 Å². The number of carbonyl (C=O) groups is 3. The number of ether oxygens (including phenoxy) is 1. The van der Waals surface area contributed by atoms with Crippen molar-refractivity contribution < 1.29 is 19.1 Å². The Bertz CT molecular complexity index is 1740. The number of aryl methyl sites for hydroxylation is 1. The first-order chi connectivity index (χ1) is 20.1. The molecule has 1 saturated heterocycles. The average molecular weight is 585 g/mol. The normalized spacial score (nSPS) is 21.5. The molecule has 11 heteroatoms. The molecule has 42 heavy (non-hydrogen) atoms. The van der Waals surface area contributed by atoms with Crippen LogP contribution in [0.3, 0.4) is 0 Å². The predicted molar refractivity (Wildman–Crippen MR) is 162 cm³/mol. The van der Waals surface area contributed by atoms with Crippen LogP contribution in [0.15, 0.2) is 60.7 Å². The number of hydrogen-bond donors (Lipinski definition) is 5. The summed E-state index contributed by atoms with van der Waals surface area (Å²) in [7, 11) is 0. The van der Waals surface area contributed by atoms with Crippen molar-refractivity contribution in [1.82, 2.24) is 10.2 Å². The molecule has 9 N–H and O–H groups in total. The molecule has 0 bridgehead atoms. The number of nitrogens with one attached hydrogen (secondary N) is 1. The molecule has 3 unspecified atom stereocenters. The van der Waals surface area contributed by atoms with Gasteiger partial charge in [0, 0.05) is 35.8 Å². The molecule has 1 aromatic heterocycles. The van der Waals surface area contributed by atoms with Gasteiger partial charge in [0.2, 0.25) is 5.91 Å². The van der Waals surface area contributed by atoms with Gasteiger partial charge >= 0.3 is 0 Å². The highest BCUT2D eigenvalue weighted by molar-refractivity contribution is 7.21. The number of nitrogen functional groups attached to an aromatic ring is 1. The second-order valence-corrected chi connectivity index (χ2v) is 11.8. The molecule has 6 rings (SSSR count). The minimum Gasteiger partial charge on any atom is -0.457 e. The Morgan fingerprint density at radius 2 is 1.83 bits per heavy atom. The number of anilines is 1. The zero-order chi connectivity index (χ0) is 29.8. The summed E-state index contributed by atoms with van der Waals surface area (Å²) in [6.45, 7) is 2.68. The monoisotopic (exact) mass is 584 g/mol. The Hall–Kier alpha value is -4.29. The van der Waals surface area contributed by atoms with E-state index in [9.17, 15) is 14.4 Å². The van der Waals surface area contributed by atoms with Gasteiger partial charge in [0.1, 0.15) is 17.0 Å². The quantitative estimate of drug-likeness (QED) is 0.215. The van der Waals surface area contributed by atoms with Gasteiger partial charge in [0.05, 0.1) is 22.2 Å². The summed E-state index contributed by atoms with van der Waals surface area (Å²) in [5.41, 5.74) is 26.8. The number of Topliss-reactive ketones (excluding diaryl/α,β-unsaturated/α-hetero) is 1. The highest BCUT2D eigenvalue weighted by Gasteiger charge is 2.49. The SMILES string of the molecule is Cc1cc(Oc2ccccc2)ccc1C1(N)C(=O)C(N)c2c(C(=O)NC3CCN(C(=O)CN)C3)sc3c(N)ccc1c23. The van der Waals surface area contributed by atoms with Crippen LogP contribution in [0.1, 0.15) is 44.4 Å². The van der Waals surface area contributed by atoms with E-state index in [4.69, 9.17) is 27.7 Å². The third-order valence-corrected chi connectivity index (χ3v) is 9.43. The molecule has 2 heterocycles. The molecular formula is C31H32N6O4S. The maximum absolute atomic E-state index is 14.1. The molecule has 1 aliphatic heterocycles. The third-order valence-electron chi connectivity index (χ3n) is 8.17. The lowest BCUT2D eigenvalue weighted by Crippen LogP contribution is -2.53. The zero-order valence-electron chi connectivity index (χ0n) is 23.1. The molecule has 0 spiro atoms. The molecule has 4 aromatic rings. The van der Waals surface area contributed by atoms with E-state index in [2.05, 4.69) is 5.32 Å². The highest BCUT2D eigenvalue weighted by Crippen LogP contribution is 2.50. The molecule has 0 radical (unpaired) electrons. The molecule has 1 aliphatic carbocycles. The number of nitrogens with zero attached hydrogens (tertiary/aromatic N) is 1. The Labute approximate surface area is 246 Å². The number of thiophene rings is 1. The topological polar surface area (TPSA) is 180 Å². The molecule has 2 amide bonds. The number of hydrogen-bond acceptors (Lipinski definition) is 9. The number of nitrogens with two attached hydrogens (primary N) is 4. The lowest BCUT2D eigenvalue weighted by atomic mass is 9.69. The number of likely N-dealkylation sites (tertiary alicyclic amines) is 1. The van der Waals surface area contributed by atoms with E-state index in [1.807, 2.05) is 43.3 Å². The van der Waals surface area contributed by atoms with Gasteiger partial charge in [-0.2, -0.15) is 0 Å². The molecule has 3 atom stereocenters. The minimum absolute atomic E-state index is 0.0801. The highest BCUT2D eigenvalue weighted by atomic mass is 32.1. The molecule has 1 fully saturated rings. The Balaban J connectivity index is 1.39. The smallest absolute Gasteiger partial charge is 0.262 e. The summed E-state index contributed by atoms with van der Waals surface area (Å²) in [6, 6.07) is 16.9. The van der Waals surface area contributed by atoms with Crippen LogP contribution in [0, 0.1) is 6.92 Å². The third kappa shape index (κ3) is 4.42. The second kappa shape index (κ2) is 10.5. The number of rotatable bonds is 6. The van der Waals surface area contributed by atoms with Crippen molar-refractivity contribution in [3.05, 3.63) is 87.8 Å². The summed E-state index contributed by atoms with van der Waals surface area (Å²) in [5, 5.41) is 3.64. The molecule has 0 saturated carbocycles. The van der Waals surface area contributed by atoms with Gasteiger partial charge in [-0.15, -0.1) is 11.3 Å². The molecule has 10 nitrogen and oxygen atoms in total. The van der Waals surface area contributed by atoms with Gasteiger partial charge in [-0.1, -0.05) is 30.3 Å². The number of amides is 2. The number of ketones is 1.